The minimum absolute atomic E-state index is 0.399. The molecule has 0 saturated heterocycles. The molecule has 7 heteroatoms. The molecular formula is C16H16N4O2S. The molecule has 0 aliphatic rings. The van der Waals surface area contributed by atoms with Gasteiger partial charge in [0.05, 0.1) is 19.1 Å². The Morgan fingerprint density at radius 3 is 2.87 bits per heavy atom. The summed E-state index contributed by atoms with van der Waals surface area (Å²) >= 11 is 5.20. The van der Waals surface area contributed by atoms with Crippen LogP contribution >= 0.6 is 12.2 Å². The molecule has 0 radical (unpaired) electrons. The second-order valence-corrected chi connectivity index (χ2v) is 5.19. The van der Waals surface area contributed by atoms with Gasteiger partial charge in [-0.25, -0.2) is 5.10 Å². The van der Waals surface area contributed by atoms with Gasteiger partial charge in [-0.05, 0) is 60.6 Å². The second kappa shape index (κ2) is 7.06. The van der Waals surface area contributed by atoms with Gasteiger partial charge in [-0.15, -0.1) is 5.10 Å². The highest BCUT2D eigenvalue weighted by molar-refractivity contribution is 7.71. The van der Waals surface area contributed by atoms with Gasteiger partial charge in [-0.1, -0.05) is 6.92 Å². The Bertz CT molecular complexity index is 832. The van der Waals surface area contributed by atoms with Gasteiger partial charge in [0, 0.05) is 0 Å². The van der Waals surface area contributed by atoms with Crippen molar-refractivity contribution in [2.75, 3.05) is 6.61 Å². The van der Waals surface area contributed by atoms with Gasteiger partial charge in [0.2, 0.25) is 10.6 Å². The highest BCUT2D eigenvalue weighted by Gasteiger charge is 2.10. The fraction of sp³-hybridized carbons (Fsp3) is 0.188. The van der Waals surface area contributed by atoms with Crippen molar-refractivity contribution in [2.24, 2.45) is 5.10 Å². The highest BCUT2D eigenvalue weighted by atomic mass is 32.1. The molecule has 3 aromatic rings. The maximum absolute atomic E-state index is 5.55. The normalized spacial score (nSPS) is 11.2. The number of ether oxygens (including phenoxy) is 1. The molecule has 0 aliphatic heterocycles. The summed E-state index contributed by atoms with van der Waals surface area (Å²) in [4.78, 5) is 0. The summed E-state index contributed by atoms with van der Waals surface area (Å²) in [5.41, 5.74) is 0.933. The molecule has 1 aromatic carbocycles. The van der Waals surface area contributed by atoms with E-state index in [4.69, 9.17) is 21.4 Å². The first-order valence-corrected chi connectivity index (χ1v) is 7.67. The van der Waals surface area contributed by atoms with Gasteiger partial charge in [-0.3, -0.25) is 0 Å². The van der Waals surface area contributed by atoms with E-state index < -0.39 is 0 Å². The number of rotatable bonds is 6. The van der Waals surface area contributed by atoms with Crippen LogP contribution in [0.25, 0.3) is 11.6 Å². The number of aromatic amines is 1. The zero-order chi connectivity index (χ0) is 16.1. The lowest BCUT2D eigenvalue weighted by atomic mass is 10.2. The predicted octanol–water partition coefficient (Wildman–Crippen LogP) is 3.87. The lowest BCUT2D eigenvalue weighted by Crippen LogP contribution is -1.96. The van der Waals surface area contributed by atoms with Crippen LogP contribution in [0.5, 0.6) is 5.75 Å². The Morgan fingerprint density at radius 2 is 2.17 bits per heavy atom. The van der Waals surface area contributed by atoms with E-state index in [0.29, 0.717) is 23.0 Å². The summed E-state index contributed by atoms with van der Waals surface area (Å²) < 4.78 is 12.8. The number of hydrogen-bond donors (Lipinski definition) is 1. The third kappa shape index (κ3) is 3.57. The summed E-state index contributed by atoms with van der Waals surface area (Å²) in [5.74, 6) is 1.97. The van der Waals surface area contributed by atoms with Crippen molar-refractivity contribution in [3.63, 3.8) is 0 Å². The van der Waals surface area contributed by atoms with Crippen LogP contribution in [0.15, 0.2) is 52.2 Å². The lowest BCUT2D eigenvalue weighted by molar-refractivity contribution is 0.317. The molecule has 0 unspecified atom stereocenters. The monoisotopic (exact) mass is 328 g/mol. The molecule has 1 N–H and O–H groups in total. The SMILES string of the molecule is CCCOc1ccc(/C=N/n2c(-c3ccco3)n[nH]c2=S)cc1. The number of aromatic nitrogens is 3. The number of H-pyrrole nitrogens is 1. The largest absolute Gasteiger partial charge is 0.494 e. The van der Waals surface area contributed by atoms with Gasteiger partial charge in [-0.2, -0.15) is 9.78 Å². The average molecular weight is 328 g/mol. The zero-order valence-corrected chi connectivity index (χ0v) is 13.4. The number of benzene rings is 1. The molecule has 2 heterocycles. The lowest BCUT2D eigenvalue weighted by Gasteiger charge is -2.03. The summed E-state index contributed by atoms with van der Waals surface area (Å²) in [6.45, 7) is 2.79. The van der Waals surface area contributed by atoms with E-state index in [0.717, 1.165) is 17.7 Å². The Morgan fingerprint density at radius 1 is 1.35 bits per heavy atom. The summed E-state index contributed by atoms with van der Waals surface area (Å²) in [5, 5.41) is 11.2. The minimum Gasteiger partial charge on any atom is -0.494 e. The summed E-state index contributed by atoms with van der Waals surface area (Å²) in [7, 11) is 0. The third-order valence-corrected chi connectivity index (χ3v) is 3.33. The average Bonchev–Trinajstić information content (AvgIpc) is 3.21. The number of nitrogens with one attached hydrogen (secondary N) is 1. The van der Waals surface area contributed by atoms with E-state index in [-0.39, 0.29) is 0 Å². The van der Waals surface area contributed by atoms with Crippen molar-refractivity contribution < 1.29 is 9.15 Å². The Balaban J connectivity index is 1.81. The van der Waals surface area contributed by atoms with Crippen molar-refractivity contribution in [1.82, 2.24) is 14.9 Å². The van der Waals surface area contributed by atoms with Gasteiger partial charge in [0.25, 0.3) is 0 Å². The molecule has 0 amide bonds. The number of furan rings is 1. The first-order chi connectivity index (χ1) is 11.3. The quantitative estimate of drug-likeness (QED) is 0.551. The maximum atomic E-state index is 5.55. The molecule has 0 saturated carbocycles. The molecule has 0 spiro atoms. The molecule has 0 atom stereocenters. The van der Waals surface area contributed by atoms with Crippen LogP contribution in [-0.4, -0.2) is 27.7 Å². The Kier molecular flexibility index (Phi) is 4.68. The molecule has 23 heavy (non-hydrogen) atoms. The molecule has 118 valence electrons. The first-order valence-electron chi connectivity index (χ1n) is 7.26. The van der Waals surface area contributed by atoms with Crippen molar-refractivity contribution in [3.05, 3.63) is 53.0 Å². The smallest absolute Gasteiger partial charge is 0.219 e. The van der Waals surface area contributed by atoms with Crippen LogP contribution in [0.3, 0.4) is 0 Å². The Hall–Kier alpha value is -2.67. The number of hydrogen-bond acceptors (Lipinski definition) is 5. The molecular weight excluding hydrogens is 312 g/mol. The van der Waals surface area contributed by atoms with Crippen molar-refractivity contribution >= 4 is 18.4 Å². The van der Waals surface area contributed by atoms with Crippen LogP contribution in [0.2, 0.25) is 0 Å². The van der Waals surface area contributed by atoms with Crippen LogP contribution in [0.4, 0.5) is 0 Å². The van der Waals surface area contributed by atoms with E-state index in [1.165, 1.54) is 4.68 Å². The van der Waals surface area contributed by atoms with E-state index >= 15 is 0 Å². The van der Waals surface area contributed by atoms with E-state index in [2.05, 4.69) is 22.2 Å². The van der Waals surface area contributed by atoms with Gasteiger partial charge in [0.1, 0.15) is 5.75 Å². The van der Waals surface area contributed by atoms with Gasteiger partial charge in [0.15, 0.2) is 5.76 Å². The predicted molar refractivity (Wildman–Crippen MR) is 90.3 cm³/mol. The third-order valence-electron chi connectivity index (χ3n) is 3.07. The standard InChI is InChI=1S/C16H16N4O2S/c1-2-9-21-13-7-5-12(6-8-13)11-17-20-15(18-19-16(20)23)14-4-3-10-22-14/h3-8,10-11H,2,9H2,1H3,(H,19,23)/b17-11+. The van der Waals surface area contributed by atoms with E-state index in [1.54, 1.807) is 24.6 Å². The fourth-order valence-electron chi connectivity index (χ4n) is 1.96. The van der Waals surface area contributed by atoms with E-state index in [9.17, 15) is 0 Å². The van der Waals surface area contributed by atoms with Gasteiger partial charge < -0.3 is 9.15 Å². The fourth-order valence-corrected chi connectivity index (χ4v) is 2.14. The molecule has 0 bridgehead atoms. The highest BCUT2D eigenvalue weighted by Crippen LogP contribution is 2.17. The zero-order valence-electron chi connectivity index (χ0n) is 12.6. The van der Waals surface area contributed by atoms with Crippen LogP contribution < -0.4 is 4.74 Å². The Labute approximate surface area is 138 Å². The summed E-state index contributed by atoms with van der Waals surface area (Å²) in [6, 6.07) is 11.3. The van der Waals surface area contributed by atoms with Crippen molar-refractivity contribution in [2.45, 2.75) is 13.3 Å². The summed E-state index contributed by atoms with van der Waals surface area (Å²) in [6.07, 6.45) is 4.27. The molecule has 2 aromatic heterocycles. The molecule has 3 rings (SSSR count). The van der Waals surface area contributed by atoms with Crippen molar-refractivity contribution in [3.8, 4) is 17.3 Å². The van der Waals surface area contributed by atoms with Crippen LogP contribution in [-0.2, 0) is 0 Å². The maximum Gasteiger partial charge on any atom is 0.219 e. The molecule has 6 nitrogen and oxygen atoms in total. The van der Waals surface area contributed by atoms with Gasteiger partial charge >= 0.3 is 0 Å². The minimum atomic E-state index is 0.399. The topological polar surface area (TPSA) is 68.3 Å². The molecule has 0 fully saturated rings. The molecule has 0 aliphatic carbocycles. The van der Waals surface area contributed by atoms with E-state index in [1.807, 2.05) is 24.3 Å². The van der Waals surface area contributed by atoms with Crippen LogP contribution in [0, 0.1) is 4.77 Å². The first kappa shape index (κ1) is 15.2. The number of nitrogens with zero attached hydrogens (tertiary/aromatic N) is 3. The second-order valence-electron chi connectivity index (χ2n) is 4.80. The van der Waals surface area contributed by atoms with Crippen LogP contribution in [0.1, 0.15) is 18.9 Å². The van der Waals surface area contributed by atoms with Crippen molar-refractivity contribution in [1.29, 1.82) is 0 Å².